The number of halogens is 1. The quantitative estimate of drug-likeness (QED) is 0.567. The van der Waals surface area contributed by atoms with Crippen LogP contribution in [0.2, 0.25) is 5.02 Å². The first kappa shape index (κ1) is 16.1. The number of nitrogens with one attached hydrogen (secondary N) is 1. The SMILES string of the molecule is COC(=O)c1cc(N)cc(Cl)c1NC(C)(C)CC(N)=O. The van der Waals surface area contributed by atoms with Gasteiger partial charge in [0, 0.05) is 17.6 Å². The van der Waals surface area contributed by atoms with Gasteiger partial charge >= 0.3 is 5.97 Å². The number of hydrogen-bond acceptors (Lipinski definition) is 5. The number of amides is 1. The van der Waals surface area contributed by atoms with E-state index in [-0.39, 0.29) is 17.0 Å². The molecule has 1 amide bonds. The van der Waals surface area contributed by atoms with Crippen LogP contribution in [0.3, 0.4) is 0 Å². The Bertz CT molecular complexity index is 544. The van der Waals surface area contributed by atoms with Gasteiger partial charge in [0.05, 0.1) is 23.4 Å². The number of hydrogen-bond donors (Lipinski definition) is 3. The van der Waals surface area contributed by atoms with Crippen molar-refractivity contribution >= 4 is 34.9 Å². The van der Waals surface area contributed by atoms with Gasteiger partial charge in [-0.1, -0.05) is 11.6 Å². The van der Waals surface area contributed by atoms with Crippen LogP contribution in [0.4, 0.5) is 11.4 Å². The summed E-state index contributed by atoms with van der Waals surface area (Å²) in [5, 5.41) is 3.31. The number of anilines is 2. The third-order valence-electron chi connectivity index (χ3n) is 2.60. The van der Waals surface area contributed by atoms with E-state index in [1.807, 2.05) is 0 Å². The summed E-state index contributed by atoms with van der Waals surface area (Å²) in [4.78, 5) is 22.8. The van der Waals surface area contributed by atoms with Gasteiger partial charge in [0.25, 0.3) is 0 Å². The number of methoxy groups -OCH3 is 1. The number of nitrogen functional groups attached to an aromatic ring is 1. The van der Waals surface area contributed by atoms with Crippen molar-refractivity contribution in [2.24, 2.45) is 5.73 Å². The Morgan fingerprint density at radius 2 is 2.00 bits per heavy atom. The predicted molar refractivity (Wildman–Crippen MR) is 78.7 cm³/mol. The van der Waals surface area contributed by atoms with Crippen LogP contribution in [0.15, 0.2) is 12.1 Å². The summed E-state index contributed by atoms with van der Waals surface area (Å²) in [7, 11) is 1.26. The van der Waals surface area contributed by atoms with Crippen molar-refractivity contribution in [1.82, 2.24) is 0 Å². The molecule has 5 N–H and O–H groups in total. The van der Waals surface area contributed by atoms with Gasteiger partial charge in [-0.3, -0.25) is 4.79 Å². The number of carbonyl (C=O) groups excluding carboxylic acids is 2. The zero-order valence-electron chi connectivity index (χ0n) is 11.6. The third-order valence-corrected chi connectivity index (χ3v) is 2.90. The highest BCUT2D eigenvalue weighted by Crippen LogP contribution is 2.32. The number of ether oxygens (including phenoxy) is 1. The first-order chi connectivity index (χ1) is 9.16. The van der Waals surface area contributed by atoms with E-state index in [4.69, 9.17) is 27.8 Å². The average Bonchev–Trinajstić information content (AvgIpc) is 2.29. The molecule has 0 aliphatic carbocycles. The van der Waals surface area contributed by atoms with Crippen LogP contribution in [0.5, 0.6) is 0 Å². The lowest BCUT2D eigenvalue weighted by atomic mass is 9.98. The molecule has 0 saturated heterocycles. The highest BCUT2D eigenvalue weighted by Gasteiger charge is 2.25. The highest BCUT2D eigenvalue weighted by molar-refractivity contribution is 6.34. The second-order valence-corrected chi connectivity index (χ2v) is 5.48. The van der Waals surface area contributed by atoms with E-state index < -0.39 is 17.4 Å². The fourth-order valence-corrected chi connectivity index (χ4v) is 2.12. The minimum Gasteiger partial charge on any atom is -0.465 e. The van der Waals surface area contributed by atoms with Crippen LogP contribution in [0.25, 0.3) is 0 Å². The van der Waals surface area contributed by atoms with Crippen LogP contribution in [-0.2, 0) is 9.53 Å². The lowest BCUT2D eigenvalue weighted by molar-refractivity contribution is -0.118. The molecule has 0 bridgehead atoms. The van der Waals surface area contributed by atoms with Crippen LogP contribution < -0.4 is 16.8 Å². The van der Waals surface area contributed by atoms with Crippen molar-refractivity contribution < 1.29 is 14.3 Å². The maximum atomic E-state index is 11.8. The normalized spacial score (nSPS) is 11.0. The summed E-state index contributed by atoms with van der Waals surface area (Å²) in [5.41, 5.74) is 11.1. The van der Waals surface area contributed by atoms with Gasteiger partial charge in [-0.2, -0.15) is 0 Å². The lowest BCUT2D eigenvalue weighted by Crippen LogP contribution is -2.36. The van der Waals surface area contributed by atoms with Gasteiger partial charge in [-0.15, -0.1) is 0 Å². The summed E-state index contributed by atoms with van der Waals surface area (Å²) < 4.78 is 4.70. The van der Waals surface area contributed by atoms with E-state index in [1.165, 1.54) is 19.2 Å². The van der Waals surface area contributed by atoms with Crippen molar-refractivity contribution in [2.75, 3.05) is 18.2 Å². The standard InChI is InChI=1S/C13H18ClN3O3/c1-13(2,6-10(16)18)17-11-8(12(19)20-3)4-7(15)5-9(11)14/h4-5,17H,6,15H2,1-3H3,(H2,16,18). The molecule has 0 aliphatic rings. The first-order valence-corrected chi connectivity index (χ1v) is 6.28. The molecule has 0 heterocycles. The summed E-state index contributed by atoms with van der Waals surface area (Å²) in [6.07, 6.45) is 0.0777. The van der Waals surface area contributed by atoms with Crippen LogP contribution in [0, 0.1) is 0 Å². The summed E-state index contributed by atoms with van der Waals surface area (Å²) in [6.45, 7) is 3.54. The number of benzene rings is 1. The van der Waals surface area contributed by atoms with Crippen molar-refractivity contribution in [3.63, 3.8) is 0 Å². The molecule has 110 valence electrons. The van der Waals surface area contributed by atoms with Gasteiger partial charge in [-0.05, 0) is 26.0 Å². The van der Waals surface area contributed by atoms with E-state index in [0.29, 0.717) is 11.4 Å². The minimum absolute atomic E-state index is 0.0777. The highest BCUT2D eigenvalue weighted by atomic mass is 35.5. The molecule has 0 fully saturated rings. The number of carbonyl (C=O) groups is 2. The molecule has 0 atom stereocenters. The molecule has 1 aromatic carbocycles. The summed E-state index contributed by atoms with van der Waals surface area (Å²) in [5.74, 6) is -1.04. The van der Waals surface area contributed by atoms with Gasteiger partial charge < -0.3 is 21.5 Å². The molecular formula is C13H18ClN3O3. The molecule has 7 heteroatoms. The molecule has 0 radical (unpaired) electrons. The molecule has 1 aromatic rings. The Kier molecular flexibility index (Phi) is 4.83. The maximum absolute atomic E-state index is 11.8. The number of primary amides is 1. The number of nitrogens with two attached hydrogens (primary N) is 2. The van der Waals surface area contributed by atoms with Crippen molar-refractivity contribution in [3.05, 3.63) is 22.7 Å². The van der Waals surface area contributed by atoms with E-state index in [9.17, 15) is 9.59 Å². The monoisotopic (exact) mass is 299 g/mol. The molecular weight excluding hydrogens is 282 g/mol. The molecule has 0 spiro atoms. The molecule has 0 unspecified atom stereocenters. The van der Waals surface area contributed by atoms with Gasteiger partial charge in [0.1, 0.15) is 0 Å². The third kappa shape index (κ3) is 4.03. The smallest absolute Gasteiger partial charge is 0.340 e. The zero-order chi connectivity index (χ0) is 15.5. The van der Waals surface area contributed by atoms with Crippen molar-refractivity contribution in [2.45, 2.75) is 25.8 Å². The summed E-state index contributed by atoms with van der Waals surface area (Å²) >= 11 is 6.11. The van der Waals surface area contributed by atoms with Crippen LogP contribution >= 0.6 is 11.6 Å². The topological polar surface area (TPSA) is 107 Å². The van der Waals surface area contributed by atoms with Gasteiger partial charge in [-0.25, -0.2) is 4.79 Å². The number of rotatable bonds is 5. The Balaban J connectivity index is 3.23. The Morgan fingerprint density at radius 1 is 1.40 bits per heavy atom. The Labute approximate surface area is 122 Å². The lowest BCUT2D eigenvalue weighted by Gasteiger charge is -2.28. The van der Waals surface area contributed by atoms with Crippen molar-refractivity contribution in [3.8, 4) is 0 Å². The fourth-order valence-electron chi connectivity index (χ4n) is 1.84. The van der Waals surface area contributed by atoms with E-state index in [0.717, 1.165) is 0 Å². The number of esters is 1. The van der Waals surface area contributed by atoms with Gasteiger partial charge in [0.15, 0.2) is 0 Å². The van der Waals surface area contributed by atoms with E-state index in [2.05, 4.69) is 5.32 Å². The fraction of sp³-hybridized carbons (Fsp3) is 0.385. The van der Waals surface area contributed by atoms with Gasteiger partial charge in [0.2, 0.25) is 5.91 Å². The largest absolute Gasteiger partial charge is 0.465 e. The van der Waals surface area contributed by atoms with E-state index >= 15 is 0 Å². The summed E-state index contributed by atoms with van der Waals surface area (Å²) in [6, 6.07) is 2.97. The Morgan fingerprint density at radius 3 is 2.50 bits per heavy atom. The molecule has 20 heavy (non-hydrogen) atoms. The zero-order valence-corrected chi connectivity index (χ0v) is 12.4. The second-order valence-electron chi connectivity index (χ2n) is 5.07. The molecule has 0 saturated carbocycles. The average molecular weight is 300 g/mol. The Hall–Kier alpha value is -1.95. The molecule has 1 rings (SSSR count). The predicted octanol–water partition coefficient (Wildman–Crippen LogP) is 1.77. The first-order valence-electron chi connectivity index (χ1n) is 5.90. The van der Waals surface area contributed by atoms with Crippen LogP contribution in [-0.4, -0.2) is 24.5 Å². The van der Waals surface area contributed by atoms with Crippen LogP contribution in [0.1, 0.15) is 30.6 Å². The van der Waals surface area contributed by atoms with Crippen molar-refractivity contribution in [1.29, 1.82) is 0 Å². The molecule has 6 nitrogen and oxygen atoms in total. The molecule has 0 aliphatic heterocycles. The maximum Gasteiger partial charge on any atom is 0.340 e. The van der Waals surface area contributed by atoms with E-state index in [1.54, 1.807) is 13.8 Å². The second kappa shape index (κ2) is 6.00. The molecule has 0 aromatic heterocycles. The minimum atomic E-state index is -0.672.